The van der Waals surface area contributed by atoms with Crippen molar-refractivity contribution in [2.75, 3.05) is 20.2 Å². The Bertz CT molecular complexity index is 720. The fraction of sp³-hybridized carbons (Fsp3) is 0.462. The van der Waals surface area contributed by atoms with E-state index in [2.05, 4.69) is 4.74 Å². The van der Waals surface area contributed by atoms with E-state index in [1.165, 1.54) is 25.3 Å². The van der Waals surface area contributed by atoms with Crippen LogP contribution < -0.4 is 5.73 Å². The highest BCUT2D eigenvalue weighted by atomic mass is 32.2. The van der Waals surface area contributed by atoms with E-state index in [1.54, 1.807) is 0 Å². The highest BCUT2D eigenvalue weighted by molar-refractivity contribution is 7.89. The number of esters is 1. The number of hydrogen-bond donors (Lipinski definition) is 1. The van der Waals surface area contributed by atoms with Crippen LogP contribution in [0.4, 0.5) is 5.69 Å². The van der Waals surface area contributed by atoms with Crippen molar-refractivity contribution in [2.24, 2.45) is 11.7 Å². The van der Waals surface area contributed by atoms with Crippen molar-refractivity contribution in [1.29, 1.82) is 0 Å². The number of benzene rings is 1. The third-order valence-electron chi connectivity index (χ3n) is 3.66. The molecular formula is C13H17N3O6S. The lowest BCUT2D eigenvalue weighted by Gasteiger charge is -2.33. The lowest BCUT2D eigenvalue weighted by molar-refractivity contribution is -0.387. The van der Waals surface area contributed by atoms with E-state index in [4.69, 9.17) is 5.73 Å². The Morgan fingerprint density at radius 3 is 2.65 bits per heavy atom. The molecule has 1 heterocycles. The van der Waals surface area contributed by atoms with Gasteiger partial charge < -0.3 is 10.5 Å². The zero-order chi connectivity index (χ0) is 17.2. The van der Waals surface area contributed by atoms with Gasteiger partial charge in [-0.15, -0.1) is 0 Å². The SMILES string of the molecule is COC(=O)[C@H]1C[C@@H](N)CN(S(=O)(=O)c2ccccc2[N+](=O)[O-])C1. The molecule has 0 amide bonds. The second kappa shape index (κ2) is 6.60. The molecule has 1 aliphatic rings. The molecule has 1 aliphatic heterocycles. The third kappa shape index (κ3) is 3.49. The zero-order valence-corrected chi connectivity index (χ0v) is 13.2. The number of nitrogens with zero attached hydrogens (tertiary/aromatic N) is 2. The number of nitrogens with two attached hydrogens (primary N) is 1. The van der Waals surface area contributed by atoms with E-state index in [0.717, 1.165) is 10.4 Å². The molecule has 1 fully saturated rings. The fourth-order valence-corrected chi connectivity index (χ4v) is 4.29. The summed E-state index contributed by atoms with van der Waals surface area (Å²) in [7, 11) is -2.93. The minimum Gasteiger partial charge on any atom is -0.469 e. The summed E-state index contributed by atoms with van der Waals surface area (Å²) in [5.74, 6) is -1.25. The minimum atomic E-state index is -4.14. The molecule has 23 heavy (non-hydrogen) atoms. The fourth-order valence-electron chi connectivity index (χ4n) is 2.60. The van der Waals surface area contributed by atoms with Crippen molar-refractivity contribution in [1.82, 2.24) is 4.31 Å². The summed E-state index contributed by atoms with van der Waals surface area (Å²) in [5, 5.41) is 11.1. The Balaban J connectivity index is 2.39. The number of para-hydroxylation sites is 1. The predicted molar refractivity (Wildman–Crippen MR) is 80.0 cm³/mol. The number of nitro groups is 1. The third-order valence-corrected chi connectivity index (χ3v) is 5.54. The Hall–Kier alpha value is -2.04. The molecule has 1 aromatic rings. The first kappa shape index (κ1) is 17.3. The Kier molecular flexibility index (Phi) is 4.97. The number of sulfonamides is 1. The van der Waals surface area contributed by atoms with Crippen LogP contribution in [0, 0.1) is 16.0 Å². The highest BCUT2D eigenvalue weighted by Gasteiger charge is 2.39. The molecule has 0 unspecified atom stereocenters. The van der Waals surface area contributed by atoms with Gasteiger partial charge in [-0.1, -0.05) is 12.1 Å². The Morgan fingerprint density at radius 2 is 2.04 bits per heavy atom. The van der Waals surface area contributed by atoms with Crippen LogP contribution in [0.3, 0.4) is 0 Å². The van der Waals surface area contributed by atoms with Crippen molar-refractivity contribution < 1.29 is 22.9 Å². The first-order valence-corrected chi connectivity index (χ1v) is 8.28. The molecule has 0 saturated carbocycles. The molecule has 0 radical (unpaired) electrons. The minimum absolute atomic E-state index is 0.0120. The van der Waals surface area contributed by atoms with Gasteiger partial charge in [0, 0.05) is 25.2 Å². The smallest absolute Gasteiger partial charge is 0.310 e. The van der Waals surface area contributed by atoms with Crippen LogP contribution in [-0.2, 0) is 19.6 Å². The number of carbonyl (C=O) groups is 1. The van der Waals surface area contributed by atoms with Crippen LogP contribution in [0.5, 0.6) is 0 Å². The van der Waals surface area contributed by atoms with Crippen molar-refractivity contribution in [3.05, 3.63) is 34.4 Å². The summed E-state index contributed by atoms with van der Waals surface area (Å²) in [6, 6.07) is 4.53. The maximum atomic E-state index is 12.7. The molecule has 1 saturated heterocycles. The van der Waals surface area contributed by atoms with Crippen LogP contribution >= 0.6 is 0 Å². The maximum absolute atomic E-state index is 12.7. The average molecular weight is 343 g/mol. The van der Waals surface area contributed by atoms with Gasteiger partial charge in [0.1, 0.15) is 0 Å². The van der Waals surface area contributed by atoms with E-state index in [9.17, 15) is 23.3 Å². The molecule has 0 spiro atoms. The standard InChI is InChI=1S/C13H17N3O6S/c1-22-13(17)9-6-10(14)8-15(7-9)23(20,21)12-5-3-2-4-11(12)16(18)19/h2-5,9-10H,6-8,14H2,1H3/t9-,10+/m0/s1. The molecule has 0 aliphatic carbocycles. The molecule has 0 aromatic heterocycles. The molecular weight excluding hydrogens is 326 g/mol. The van der Waals surface area contributed by atoms with E-state index < -0.39 is 43.5 Å². The van der Waals surface area contributed by atoms with E-state index in [1.807, 2.05) is 0 Å². The molecule has 2 N–H and O–H groups in total. The van der Waals surface area contributed by atoms with Crippen molar-refractivity contribution in [3.63, 3.8) is 0 Å². The first-order valence-electron chi connectivity index (χ1n) is 6.84. The molecule has 2 atom stereocenters. The summed E-state index contributed by atoms with van der Waals surface area (Å²) in [5.41, 5.74) is 5.32. The number of rotatable bonds is 4. The van der Waals surface area contributed by atoms with Crippen LogP contribution in [0.25, 0.3) is 0 Å². The molecule has 0 bridgehead atoms. The molecule has 2 rings (SSSR count). The quantitative estimate of drug-likeness (QED) is 0.466. The summed E-state index contributed by atoms with van der Waals surface area (Å²) >= 11 is 0. The Morgan fingerprint density at radius 1 is 1.39 bits per heavy atom. The molecule has 10 heteroatoms. The molecule has 9 nitrogen and oxygen atoms in total. The van der Waals surface area contributed by atoms with Crippen LogP contribution in [0.15, 0.2) is 29.2 Å². The van der Waals surface area contributed by atoms with Gasteiger partial charge in [-0.2, -0.15) is 4.31 Å². The van der Waals surface area contributed by atoms with Crippen LogP contribution in [0.2, 0.25) is 0 Å². The molecule has 126 valence electrons. The van der Waals surface area contributed by atoms with E-state index in [-0.39, 0.29) is 13.1 Å². The number of carbonyl (C=O) groups excluding carboxylic acids is 1. The van der Waals surface area contributed by atoms with Gasteiger partial charge in [-0.05, 0) is 12.5 Å². The summed E-state index contributed by atoms with van der Waals surface area (Å²) in [6.07, 6.45) is 0.301. The largest absolute Gasteiger partial charge is 0.469 e. The lowest BCUT2D eigenvalue weighted by Crippen LogP contribution is -2.51. The summed E-state index contributed by atoms with van der Waals surface area (Å²) in [6.45, 7) is -0.128. The topological polar surface area (TPSA) is 133 Å². The monoisotopic (exact) mass is 343 g/mol. The van der Waals surface area contributed by atoms with Gasteiger partial charge in [0.05, 0.1) is 18.0 Å². The lowest BCUT2D eigenvalue weighted by atomic mass is 9.96. The van der Waals surface area contributed by atoms with Gasteiger partial charge in [0.25, 0.3) is 5.69 Å². The van der Waals surface area contributed by atoms with Crippen molar-refractivity contribution in [3.8, 4) is 0 Å². The van der Waals surface area contributed by atoms with E-state index >= 15 is 0 Å². The number of piperidine rings is 1. The van der Waals surface area contributed by atoms with E-state index in [0.29, 0.717) is 6.42 Å². The Labute approximate surface area is 133 Å². The maximum Gasteiger partial charge on any atom is 0.310 e. The zero-order valence-electron chi connectivity index (χ0n) is 12.4. The number of ether oxygens (including phenoxy) is 1. The summed E-state index contributed by atoms with van der Waals surface area (Å²) in [4.78, 5) is 21.6. The van der Waals surface area contributed by atoms with Gasteiger partial charge in [0.15, 0.2) is 4.90 Å². The number of methoxy groups -OCH3 is 1. The average Bonchev–Trinajstić information content (AvgIpc) is 2.53. The van der Waals surface area contributed by atoms with Gasteiger partial charge in [0.2, 0.25) is 10.0 Å². The summed E-state index contributed by atoms with van der Waals surface area (Å²) < 4.78 is 31.1. The first-order chi connectivity index (χ1) is 10.8. The predicted octanol–water partition coefficient (Wildman–Crippen LogP) is 0.106. The second-order valence-electron chi connectivity index (χ2n) is 5.26. The van der Waals surface area contributed by atoms with Gasteiger partial charge >= 0.3 is 5.97 Å². The second-order valence-corrected chi connectivity index (χ2v) is 7.17. The number of hydrogen-bond acceptors (Lipinski definition) is 7. The normalized spacial score (nSPS) is 22.5. The van der Waals surface area contributed by atoms with Crippen LogP contribution in [0.1, 0.15) is 6.42 Å². The number of nitro benzene ring substituents is 1. The van der Waals surface area contributed by atoms with Gasteiger partial charge in [-0.25, -0.2) is 8.42 Å². The molecule has 1 aromatic carbocycles. The van der Waals surface area contributed by atoms with Crippen molar-refractivity contribution >= 4 is 21.7 Å². The van der Waals surface area contributed by atoms with Crippen molar-refractivity contribution in [2.45, 2.75) is 17.4 Å². The van der Waals surface area contributed by atoms with Crippen LogP contribution in [-0.4, -0.2) is 49.9 Å². The van der Waals surface area contributed by atoms with Gasteiger partial charge in [-0.3, -0.25) is 14.9 Å². The highest BCUT2D eigenvalue weighted by Crippen LogP contribution is 2.29.